The van der Waals surface area contributed by atoms with Gasteiger partial charge in [0.1, 0.15) is 4.90 Å². The predicted octanol–water partition coefficient (Wildman–Crippen LogP) is 0.765. The molecule has 1 saturated heterocycles. The molecule has 22 heavy (non-hydrogen) atoms. The lowest BCUT2D eigenvalue weighted by molar-refractivity contribution is -0.0672. The highest BCUT2D eigenvalue weighted by atomic mass is 32.2. The molecule has 0 bridgehead atoms. The van der Waals surface area contributed by atoms with Crippen molar-refractivity contribution in [1.82, 2.24) is 14.5 Å². The number of rotatable bonds is 7. The van der Waals surface area contributed by atoms with Gasteiger partial charge in [-0.05, 0) is 32.1 Å². The zero-order valence-electron chi connectivity index (χ0n) is 12.8. The third-order valence-corrected chi connectivity index (χ3v) is 5.54. The van der Waals surface area contributed by atoms with Crippen molar-refractivity contribution in [3.63, 3.8) is 0 Å². The summed E-state index contributed by atoms with van der Waals surface area (Å²) in [6.07, 6.45) is 5.74. The van der Waals surface area contributed by atoms with Crippen molar-refractivity contribution >= 4 is 10.0 Å². The van der Waals surface area contributed by atoms with E-state index in [2.05, 4.69) is 9.82 Å². The minimum Gasteiger partial charge on any atom is -0.379 e. The van der Waals surface area contributed by atoms with Crippen LogP contribution < -0.4 is 4.72 Å². The zero-order chi connectivity index (χ0) is 15.6. The van der Waals surface area contributed by atoms with Gasteiger partial charge in [0.25, 0.3) is 0 Å². The number of ether oxygens (including phenoxy) is 2. The molecule has 2 fully saturated rings. The zero-order valence-corrected chi connectivity index (χ0v) is 13.6. The Morgan fingerprint density at radius 3 is 2.95 bits per heavy atom. The molecule has 1 aliphatic carbocycles. The standard InChI is InChI=1S/C14H23N3O4S/c1-2-17-8-12(7-15-17)22(18,19)16-13-5-6-20-10-14(13)21-9-11-3-4-11/h7-8,11,13-14,16H,2-6,9-10H2,1H3/t13-,14-/m0/s1. The number of hydrogen-bond donors (Lipinski definition) is 1. The molecule has 1 aromatic heterocycles. The number of aryl methyl sites for hydroxylation is 1. The Kier molecular flexibility index (Phi) is 4.82. The third kappa shape index (κ3) is 3.87. The maximum absolute atomic E-state index is 12.5. The maximum atomic E-state index is 12.5. The molecule has 8 heteroatoms. The van der Waals surface area contributed by atoms with Gasteiger partial charge in [-0.1, -0.05) is 0 Å². The molecule has 1 aliphatic heterocycles. The summed E-state index contributed by atoms with van der Waals surface area (Å²) in [5, 5.41) is 4.02. The number of nitrogens with one attached hydrogen (secondary N) is 1. The molecule has 1 aromatic rings. The lowest BCUT2D eigenvalue weighted by atomic mass is 10.1. The van der Waals surface area contributed by atoms with E-state index in [1.165, 1.54) is 19.0 Å². The molecule has 2 heterocycles. The van der Waals surface area contributed by atoms with E-state index in [1.54, 1.807) is 10.9 Å². The minimum absolute atomic E-state index is 0.196. The van der Waals surface area contributed by atoms with Crippen LogP contribution in [0.2, 0.25) is 0 Å². The van der Waals surface area contributed by atoms with Crippen molar-refractivity contribution in [2.75, 3.05) is 19.8 Å². The molecule has 0 aromatic carbocycles. The van der Waals surface area contributed by atoms with E-state index in [0.29, 0.717) is 38.7 Å². The first-order chi connectivity index (χ1) is 10.6. The van der Waals surface area contributed by atoms with Crippen LogP contribution in [0.25, 0.3) is 0 Å². The van der Waals surface area contributed by atoms with Crippen molar-refractivity contribution in [3.05, 3.63) is 12.4 Å². The van der Waals surface area contributed by atoms with Crippen LogP contribution in [0.3, 0.4) is 0 Å². The van der Waals surface area contributed by atoms with Crippen molar-refractivity contribution in [1.29, 1.82) is 0 Å². The Balaban J connectivity index is 1.65. The first-order valence-corrected chi connectivity index (χ1v) is 9.31. The first kappa shape index (κ1) is 15.9. The van der Waals surface area contributed by atoms with E-state index in [4.69, 9.17) is 9.47 Å². The second kappa shape index (κ2) is 6.66. The van der Waals surface area contributed by atoms with Gasteiger partial charge in [-0.15, -0.1) is 0 Å². The van der Waals surface area contributed by atoms with Gasteiger partial charge in [-0.3, -0.25) is 4.68 Å². The van der Waals surface area contributed by atoms with Crippen LogP contribution in [0.4, 0.5) is 0 Å². The number of aromatic nitrogens is 2. The van der Waals surface area contributed by atoms with Crippen LogP contribution in [0, 0.1) is 5.92 Å². The summed E-state index contributed by atoms with van der Waals surface area (Å²) in [4.78, 5) is 0.196. The highest BCUT2D eigenvalue weighted by Crippen LogP contribution is 2.30. The second-order valence-electron chi connectivity index (χ2n) is 5.94. The van der Waals surface area contributed by atoms with Gasteiger partial charge in [0.05, 0.1) is 24.9 Å². The lowest BCUT2D eigenvalue weighted by Crippen LogP contribution is -2.50. The van der Waals surface area contributed by atoms with Crippen molar-refractivity contribution in [2.45, 2.75) is 49.8 Å². The summed E-state index contributed by atoms with van der Waals surface area (Å²) in [7, 11) is -3.57. The molecule has 7 nitrogen and oxygen atoms in total. The Morgan fingerprint density at radius 1 is 1.45 bits per heavy atom. The molecule has 0 radical (unpaired) electrons. The SMILES string of the molecule is CCn1cc(S(=O)(=O)N[C@H]2CCOC[C@@H]2OCC2CC2)cn1. The highest BCUT2D eigenvalue weighted by molar-refractivity contribution is 7.89. The molecule has 2 atom stereocenters. The van der Waals surface area contributed by atoms with E-state index in [0.717, 1.165) is 0 Å². The van der Waals surface area contributed by atoms with Crippen molar-refractivity contribution < 1.29 is 17.9 Å². The maximum Gasteiger partial charge on any atom is 0.244 e. The summed E-state index contributed by atoms with van der Waals surface area (Å²) < 4.78 is 40.6. The predicted molar refractivity (Wildman–Crippen MR) is 79.9 cm³/mol. The lowest BCUT2D eigenvalue weighted by Gasteiger charge is -2.31. The first-order valence-electron chi connectivity index (χ1n) is 7.82. The van der Waals surface area contributed by atoms with Gasteiger partial charge < -0.3 is 9.47 Å². The Labute approximate surface area is 131 Å². The summed E-state index contributed by atoms with van der Waals surface area (Å²) in [6.45, 7) is 4.23. The highest BCUT2D eigenvalue weighted by Gasteiger charge is 2.33. The second-order valence-corrected chi connectivity index (χ2v) is 7.65. The summed E-state index contributed by atoms with van der Waals surface area (Å²) in [5.41, 5.74) is 0. The quantitative estimate of drug-likeness (QED) is 0.799. The van der Waals surface area contributed by atoms with Crippen LogP contribution in [-0.4, -0.2) is 50.2 Å². The smallest absolute Gasteiger partial charge is 0.244 e. The summed E-state index contributed by atoms with van der Waals surface area (Å²) >= 11 is 0. The number of hydrogen-bond acceptors (Lipinski definition) is 5. The van der Waals surface area contributed by atoms with E-state index in [9.17, 15) is 8.42 Å². The van der Waals surface area contributed by atoms with E-state index in [-0.39, 0.29) is 17.0 Å². The van der Waals surface area contributed by atoms with Crippen LogP contribution in [0.15, 0.2) is 17.3 Å². The van der Waals surface area contributed by atoms with Crippen LogP contribution in [0.1, 0.15) is 26.2 Å². The Hall–Kier alpha value is -0.960. The normalized spacial score (nSPS) is 26.2. The van der Waals surface area contributed by atoms with Crippen molar-refractivity contribution in [3.8, 4) is 0 Å². The Morgan fingerprint density at radius 2 is 2.27 bits per heavy atom. The van der Waals surface area contributed by atoms with Gasteiger partial charge in [-0.2, -0.15) is 5.10 Å². The van der Waals surface area contributed by atoms with E-state index >= 15 is 0 Å². The molecule has 1 N–H and O–H groups in total. The number of sulfonamides is 1. The topological polar surface area (TPSA) is 82.5 Å². The van der Waals surface area contributed by atoms with Gasteiger partial charge >= 0.3 is 0 Å². The van der Waals surface area contributed by atoms with Gasteiger partial charge in [0, 0.05) is 26.0 Å². The fraction of sp³-hybridized carbons (Fsp3) is 0.786. The molecule has 0 spiro atoms. The average molecular weight is 329 g/mol. The summed E-state index contributed by atoms with van der Waals surface area (Å²) in [5.74, 6) is 0.641. The average Bonchev–Trinajstić information content (AvgIpc) is 3.20. The fourth-order valence-corrected chi connectivity index (χ4v) is 3.73. The van der Waals surface area contributed by atoms with Gasteiger partial charge in [-0.25, -0.2) is 13.1 Å². The summed E-state index contributed by atoms with van der Waals surface area (Å²) in [6, 6.07) is -0.248. The van der Waals surface area contributed by atoms with Gasteiger partial charge in [0.15, 0.2) is 0 Å². The largest absolute Gasteiger partial charge is 0.379 e. The molecule has 0 amide bonds. The molecule has 0 unspecified atom stereocenters. The minimum atomic E-state index is -3.57. The monoisotopic (exact) mass is 329 g/mol. The molecular weight excluding hydrogens is 306 g/mol. The molecule has 3 rings (SSSR count). The fourth-order valence-electron chi connectivity index (χ4n) is 2.48. The molecular formula is C14H23N3O4S. The van der Waals surface area contributed by atoms with Gasteiger partial charge in [0.2, 0.25) is 10.0 Å². The van der Waals surface area contributed by atoms with E-state index in [1.807, 2.05) is 6.92 Å². The molecule has 2 aliphatic rings. The number of nitrogens with zero attached hydrogens (tertiary/aromatic N) is 2. The van der Waals surface area contributed by atoms with Crippen molar-refractivity contribution in [2.24, 2.45) is 5.92 Å². The van der Waals surface area contributed by atoms with E-state index < -0.39 is 10.0 Å². The Bertz CT molecular complexity index is 597. The van der Waals surface area contributed by atoms with Crippen LogP contribution >= 0.6 is 0 Å². The van der Waals surface area contributed by atoms with Crippen LogP contribution in [0.5, 0.6) is 0 Å². The van der Waals surface area contributed by atoms with Crippen LogP contribution in [-0.2, 0) is 26.0 Å². The third-order valence-electron chi connectivity index (χ3n) is 4.10. The molecule has 1 saturated carbocycles. The molecule has 124 valence electrons.